The van der Waals surface area contributed by atoms with E-state index in [1.54, 1.807) is 0 Å². The minimum atomic E-state index is -0.688. The predicted octanol–water partition coefficient (Wildman–Crippen LogP) is 3.85. The molecule has 0 radical (unpaired) electrons. The Morgan fingerprint density at radius 1 is 1.11 bits per heavy atom. The van der Waals surface area contributed by atoms with Gasteiger partial charge in [-0.25, -0.2) is 0 Å². The van der Waals surface area contributed by atoms with Crippen molar-refractivity contribution in [2.24, 2.45) is 5.73 Å². The van der Waals surface area contributed by atoms with Gasteiger partial charge >= 0.3 is 0 Å². The number of hydrogen-bond acceptors (Lipinski definition) is 2. The molecule has 2 aromatic carbocycles. The van der Waals surface area contributed by atoms with Crippen LogP contribution in [0, 0.1) is 0 Å². The molecule has 0 spiro atoms. The Labute approximate surface area is 128 Å². The number of carbonyl (C=O) groups is 1. The summed E-state index contributed by atoms with van der Waals surface area (Å²) < 4.78 is 1.70. The molecule has 1 atom stereocenters. The Kier molecular flexibility index (Phi) is 4.74. The molecule has 98 valence electrons. The van der Waals surface area contributed by atoms with Crippen LogP contribution in [0.25, 0.3) is 0 Å². The number of nitrogens with two attached hydrogens (primary N) is 1. The van der Waals surface area contributed by atoms with Gasteiger partial charge in [0.2, 0.25) is 5.91 Å². The summed E-state index contributed by atoms with van der Waals surface area (Å²) in [4.78, 5) is 12.1. The third kappa shape index (κ3) is 3.65. The van der Waals surface area contributed by atoms with E-state index < -0.39 is 6.04 Å². The monoisotopic (exact) mass is 382 g/mol. The number of anilines is 1. The molecule has 0 aliphatic rings. The van der Waals surface area contributed by atoms with E-state index in [0.717, 1.165) is 14.5 Å². The van der Waals surface area contributed by atoms with Gasteiger partial charge in [0.25, 0.3) is 0 Å². The molecule has 2 aromatic rings. The summed E-state index contributed by atoms with van der Waals surface area (Å²) in [6, 6.07) is 14.1. The van der Waals surface area contributed by atoms with E-state index in [1.165, 1.54) is 0 Å². The molecule has 3 nitrogen and oxygen atoms in total. The summed E-state index contributed by atoms with van der Waals surface area (Å²) in [5, 5.41) is 2.81. The van der Waals surface area contributed by atoms with E-state index in [0.29, 0.717) is 5.69 Å². The largest absolute Gasteiger partial charge is 0.323 e. The van der Waals surface area contributed by atoms with Crippen molar-refractivity contribution in [2.75, 3.05) is 5.32 Å². The summed E-state index contributed by atoms with van der Waals surface area (Å²) in [6.45, 7) is 0. The molecule has 0 unspecified atom stereocenters. The topological polar surface area (TPSA) is 55.1 Å². The highest BCUT2D eigenvalue weighted by molar-refractivity contribution is 9.11. The smallest absolute Gasteiger partial charge is 0.245 e. The van der Waals surface area contributed by atoms with Crippen molar-refractivity contribution in [2.45, 2.75) is 6.04 Å². The number of amides is 1. The maximum absolute atomic E-state index is 12.1. The second kappa shape index (κ2) is 6.32. The number of carbonyl (C=O) groups excluding carboxylic acids is 1. The molecule has 3 N–H and O–H groups in total. The van der Waals surface area contributed by atoms with Gasteiger partial charge in [0, 0.05) is 8.95 Å². The Morgan fingerprint density at radius 2 is 1.79 bits per heavy atom. The molecule has 0 fully saturated rings. The van der Waals surface area contributed by atoms with Crippen molar-refractivity contribution in [1.82, 2.24) is 0 Å². The molecule has 0 saturated heterocycles. The second-order valence-corrected chi connectivity index (χ2v) is 5.77. The highest BCUT2D eigenvalue weighted by Crippen LogP contribution is 2.27. The Bertz CT molecular complexity index is 587. The fourth-order valence-electron chi connectivity index (χ4n) is 1.62. The van der Waals surface area contributed by atoms with Crippen LogP contribution < -0.4 is 11.1 Å². The SMILES string of the molecule is N[C@@H](C(=O)Nc1cc(Br)ccc1Br)c1ccccc1. The van der Waals surface area contributed by atoms with E-state index in [4.69, 9.17) is 5.73 Å². The normalized spacial score (nSPS) is 11.9. The van der Waals surface area contributed by atoms with Crippen molar-refractivity contribution in [3.8, 4) is 0 Å². The molecule has 2 rings (SSSR count). The minimum absolute atomic E-state index is 0.245. The van der Waals surface area contributed by atoms with Crippen LogP contribution in [0.15, 0.2) is 57.5 Å². The molecule has 5 heteroatoms. The van der Waals surface area contributed by atoms with Crippen molar-refractivity contribution in [3.05, 3.63) is 63.0 Å². The highest BCUT2D eigenvalue weighted by Gasteiger charge is 2.16. The maximum atomic E-state index is 12.1. The summed E-state index contributed by atoms with van der Waals surface area (Å²) in [7, 11) is 0. The van der Waals surface area contributed by atoms with Crippen LogP contribution >= 0.6 is 31.9 Å². The average molecular weight is 384 g/mol. The van der Waals surface area contributed by atoms with E-state index in [2.05, 4.69) is 37.2 Å². The summed E-state index contributed by atoms with van der Waals surface area (Å²) in [5.74, 6) is -0.245. The van der Waals surface area contributed by atoms with Crippen LogP contribution in [-0.4, -0.2) is 5.91 Å². The first-order valence-corrected chi connectivity index (χ1v) is 7.23. The highest BCUT2D eigenvalue weighted by atomic mass is 79.9. The van der Waals surface area contributed by atoms with Gasteiger partial charge < -0.3 is 11.1 Å². The second-order valence-electron chi connectivity index (χ2n) is 4.00. The Morgan fingerprint density at radius 3 is 2.47 bits per heavy atom. The van der Waals surface area contributed by atoms with Gasteiger partial charge in [-0.15, -0.1) is 0 Å². The number of nitrogens with one attached hydrogen (secondary N) is 1. The molecule has 0 aromatic heterocycles. The molecular weight excluding hydrogens is 372 g/mol. The lowest BCUT2D eigenvalue weighted by molar-refractivity contribution is -0.117. The number of rotatable bonds is 3. The third-order valence-electron chi connectivity index (χ3n) is 2.63. The first-order chi connectivity index (χ1) is 9.08. The molecule has 0 aliphatic carbocycles. The zero-order chi connectivity index (χ0) is 13.8. The van der Waals surface area contributed by atoms with Crippen LogP contribution in [0.2, 0.25) is 0 Å². The molecule has 0 heterocycles. The molecular formula is C14H12Br2N2O. The first-order valence-electron chi connectivity index (χ1n) is 5.64. The Balaban J connectivity index is 2.15. The molecule has 0 aliphatic heterocycles. The van der Waals surface area contributed by atoms with Crippen molar-refractivity contribution >= 4 is 43.5 Å². The number of benzene rings is 2. The van der Waals surface area contributed by atoms with Gasteiger partial charge in [0.05, 0.1) is 5.69 Å². The lowest BCUT2D eigenvalue weighted by atomic mass is 10.1. The molecule has 1 amide bonds. The van der Waals surface area contributed by atoms with Crippen molar-refractivity contribution < 1.29 is 4.79 Å². The number of hydrogen-bond donors (Lipinski definition) is 2. The first kappa shape index (κ1) is 14.2. The maximum Gasteiger partial charge on any atom is 0.245 e. The quantitative estimate of drug-likeness (QED) is 0.845. The van der Waals surface area contributed by atoms with Crippen LogP contribution in [0.4, 0.5) is 5.69 Å². The van der Waals surface area contributed by atoms with Crippen LogP contribution in [0.3, 0.4) is 0 Å². The van der Waals surface area contributed by atoms with Gasteiger partial charge in [-0.05, 0) is 39.7 Å². The zero-order valence-electron chi connectivity index (χ0n) is 9.94. The molecule has 0 bridgehead atoms. The fourth-order valence-corrected chi connectivity index (χ4v) is 2.32. The third-order valence-corrected chi connectivity index (χ3v) is 3.81. The summed E-state index contributed by atoms with van der Waals surface area (Å²) in [5.41, 5.74) is 7.40. The summed E-state index contributed by atoms with van der Waals surface area (Å²) in [6.07, 6.45) is 0. The average Bonchev–Trinajstić information content (AvgIpc) is 2.43. The summed E-state index contributed by atoms with van der Waals surface area (Å²) >= 11 is 6.75. The fraction of sp³-hybridized carbons (Fsp3) is 0.0714. The van der Waals surface area contributed by atoms with Gasteiger partial charge in [-0.3, -0.25) is 4.79 Å². The lowest BCUT2D eigenvalue weighted by Crippen LogP contribution is -2.27. The van der Waals surface area contributed by atoms with Crippen LogP contribution in [0.1, 0.15) is 11.6 Å². The van der Waals surface area contributed by atoms with Crippen LogP contribution in [-0.2, 0) is 4.79 Å². The van der Waals surface area contributed by atoms with E-state index in [1.807, 2.05) is 48.5 Å². The molecule has 0 saturated carbocycles. The van der Waals surface area contributed by atoms with E-state index in [-0.39, 0.29) is 5.91 Å². The minimum Gasteiger partial charge on any atom is -0.323 e. The van der Waals surface area contributed by atoms with Gasteiger partial charge in [-0.1, -0.05) is 46.3 Å². The van der Waals surface area contributed by atoms with E-state index >= 15 is 0 Å². The van der Waals surface area contributed by atoms with Crippen molar-refractivity contribution in [3.63, 3.8) is 0 Å². The number of halogens is 2. The van der Waals surface area contributed by atoms with E-state index in [9.17, 15) is 4.79 Å². The predicted molar refractivity (Wildman–Crippen MR) is 83.8 cm³/mol. The molecule has 19 heavy (non-hydrogen) atoms. The lowest BCUT2D eigenvalue weighted by Gasteiger charge is -2.13. The Hall–Kier alpha value is -1.17. The van der Waals surface area contributed by atoms with Gasteiger partial charge in [0.15, 0.2) is 0 Å². The van der Waals surface area contributed by atoms with Crippen molar-refractivity contribution in [1.29, 1.82) is 0 Å². The van der Waals surface area contributed by atoms with Gasteiger partial charge in [0.1, 0.15) is 6.04 Å². The standard InChI is InChI=1S/C14H12Br2N2O/c15-10-6-7-11(16)12(8-10)18-14(19)13(17)9-4-2-1-3-5-9/h1-8,13H,17H2,(H,18,19)/t13-/m1/s1. The van der Waals surface area contributed by atoms with Crippen LogP contribution in [0.5, 0.6) is 0 Å². The van der Waals surface area contributed by atoms with Gasteiger partial charge in [-0.2, -0.15) is 0 Å². The zero-order valence-corrected chi connectivity index (χ0v) is 13.1.